The normalized spacial score (nSPS) is 14.2. The quantitative estimate of drug-likeness (QED) is 0.391. The maximum Gasteiger partial charge on any atom is 0.338 e. The van der Waals surface area contributed by atoms with Crippen molar-refractivity contribution in [3.05, 3.63) is 57.4 Å². The van der Waals surface area contributed by atoms with Gasteiger partial charge in [-0.2, -0.15) is 0 Å². The number of fused-ring (bicyclic) bond motifs is 1. The lowest BCUT2D eigenvalue weighted by Crippen LogP contribution is -2.42. The minimum Gasteiger partial charge on any atom is -0.480 e. The van der Waals surface area contributed by atoms with E-state index in [9.17, 15) is 29.4 Å². The number of carbonyl (C=O) groups excluding carboxylic acids is 2. The number of ketones is 1. The van der Waals surface area contributed by atoms with E-state index in [1.54, 1.807) is 19.9 Å². The molecule has 3 rings (SSSR count). The van der Waals surface area contributed by atoms with Crippen LogP contribution in [0.3, 0.4) is 0 Å². The third-order valence-corrected chi connectivity index (χ3v) is 5.76. The lowest BCUT2D eigenvalue weighted by atomic mass is 9.83. The number of carbonyl (C=O) groups is 4. The molecule has 0 spiro atoms. The van der Waals surface area contributed by atoms with Gasteiger partial charge < -0.3 is 19.5 Å². The number of ether oxygens (including phenoxy) is 1. The molecule has 1 aliphatic heterocycles. The van der Waals surface area contributed by atoms with E-state index in [0.717, 1.165) is 0 Å². The van der Waals surface area contributed by atoms with Crippen molar-refractivity contribution >= 4 is 35.3 Å². The minimum absolute atomic E-state index is 0.0201. The number of rotatable bonds is 7. The molecule has 0 amide bonds. The second-order valence-corrected chi connectivity index (χ2v) is 7.27. The molecule has 0 fully saturated rings. The smallest absolute Gasteiger partial charge is 0.338 e. The first-order valence-electron chi connectivity index (χ1n) is 9.40. The summed E-state index contributed by atoms with van der Waals surface area (Å²) in [6, 6.07) is 5.98. The Hall–Kier alpha value is -3.13. The average Bonchev–Trinajstić information content (AvgIpc) is 3.24. The van der Waals surface area contributed by atoms with E-state index in [1.807, 2.05) is 0 Å². The largest absolute Gasteiger partial charge is 0.480 e. The molecule has 158 valence electrons. The van der Waals surface area contributed by atoms with E-state index in [0.29, 0.717) is 12.0 Å². The number of hydrogen-bond donors (Lipinski definition) is 2. The van der Waals surface area contributed by atoms with E-state index >= 15 is 0 Å². The molecule has 9 heteroatoms. The van der Waals surface area contributed by atoms with Crippen molar-refractivity contribution in [2.24, 2.45) is 0 Å². The SMILES string of the molecule is CCOC(=O)c1cccc(C(=O)c2c(CC)c(Cl)c3n2CCC3(C(=O)O)C(=O)O)c1. The van der Waals surface area contributed by atoms with E-state index in [1.165, 1.54) is 22.8 Å². The van der Waals surface area contributed by atoms with Crippen LogP contribution in [0, 0.1) is 0 Å². The van der Waals surface area contributed by atoms with Crippen LogP contribution in [0.15, 0.2) is 24.3 Å². The van der Waals surface area contributed by atoms with Gasteiger partial charge in [-0.25, -0.2) is 4.79 Å². The summed E-state index contributed by atoms with van der Waals surface area (Å²) in [5.41, 5.74) is -1.40. The second kappa shape index (κ2) is 7.95. The summed E-state index contributed by atoms with van der Waals surface area (Å²) >= 11 is 6.43. The van der Waals surface area contributed by atoms with Crippen LogP contribution in [0.1, 0.15) is 57.9 Å². The van der Waals surface area contributed by atoms with Crippen LogP contribution in [-0.2, 0) is 32.7 Å². The summed E-state index contributed by atoms with van der Waals surface area (Å²) in [7, 11) is 0. The van der Waals surface area contributed by atoms with Crippen molar-refractivity contribution in [1.82, 2.24) is 4.57 Å². The van der Waals surface area contributed by atoms with Crippen LogP contribution in [0.5, 0.6) is 0 Å². The molecule has 0 aliphatic carbocycles. The third kappa shape index (κ3) is 3.08. The van der Waals surface area contributed by atoms with Gasteiger partial charge >= 0.3 is 17.9 Å². The van der Waals surface area contributed by atoms with Gasteiger partial charge in [0, 0.05) is 12.1 Å². The maximum atomic E-state index is 13.4. The number of carboxylic acids is 2. The zero-order valence-electron chi connectivity index (χ0n) is 16.4. The van der Waals surface area contributed by atoms with Gasteiger partial charge in [0.05, 0.1) is 28.6 Å². The van der Waals surface area contributed by atoms with Crippen molar-refractivity contribution in [2.75, 3.05) is 6.61 Å². The molecule has 0 bridgehead atoms. The molecule has 8 nitrogen and oxygen atoms in total. The number of aliphatic carboxylic acids is 2. The molecule has 1 aromatic carbocycles. The van der Waals surface area contributed by atoms with Gasteiger partial charge in [-0.05, 0) is 37.5 Å². The zero-order chi connectivity index (χ0) is 22.2. The van der Waals surface area contributed by atoms with Crippen molar-refractivity contribution < 1.29 is 34.1 Å². The fourth-order valence-corrected chi connectivity index (χ4v) is 4.39. The van der Waals surface area contributed by atoms with E-state index in [2.05, 4.69) is 0 Å². The molecular formula is C21H20ClNO7. The van der Waals surface area contributed by atoms with Crippen LogP contribution in [0.4, 0.5) is 0 Å². The summed E-state index contributed by atoms with van der Waals surface area (Å²) < 4.78 is 6.36. The number of carboxylic acid groups (broad SMARTS) is 2. The second-order valence-electron chi connectivity index (χ2n) is 6.89. The summed E-state index contributed by atoms with van der Waals surface area (Å²) in [4.78, 5) is 49.2. The van der Waals surface area contributed by atoms with Crippen LogP contribution in [-0.4, -0.2) is 45.1 Å². The first kappa shape index (κ1) is 21.6. The predicted molar refractivity (Wildman–Crippen MR) is 106 cm³/mol. The van der Waals surface area contributed by atoms with Crippen molar-refractivity contribution in [1.29, 1.82) is 0 Å². The maximum absolute atomic E-state index is 13.4. The molecule has 2 aromatic rings. The molecule has 0 saturated carbocycles. The number of benzene rings is 1. The number of esters is 1. The van der Waals surface area contributed by atoms with Crippen LogP contribution >= 0.6 is 11.6 Å². The highest BCUT2D eigenvalue weighted by Crippen LogP contribution is 2.45. The first-order chi connectivity index (χ1) is 14.2. The van der Waals surface area contributed by atoms with Gasteiger partial charge in [0.15, 0.2) is 0 Å². The highest BCUT2D eigenvalue weighted by molar-refractivity contribution is 6.34. The first-order valence-corrected chi connectivity index (χ1v) is 9.78. The molecule has 0 radical (unpaired) electrons. The Morgan fingerprint density at radius 1 is 1.13 bits per heavy atom. The van der Waals surface area contributed by atoms with Crippen LogP contribution in [0.2, 0.25) is 5.02 Å². The summed E-state index contributed by atoms with van der Waals surface area (Å²) in [6.45, 7) is 3.62. The lowest BCUT2D eigenvalue weighted by molar-refractivity contribution is -0.157. The molecule has 1 aliphatic rings. The molecular weight excluding hydrogens is 414 g/mol. The Morgan fingerprint density at radius 3 is 2.33 bits per heavy atom. The van der Waals surface area contributed by atoms with Gasteiger partial charge in [0.1, 0.15) is 0 Å². The van der Waals surface area contributed by atoms with Gasteiger partial charge in [0.2, 0.25) is 11.2 Å². The predicted octanol–water partition coefficient (Wildman–Crippen LogP) is 2.92. The zero-order valence-corrected chi connectivity index (χ0v) is 17.2. The number of nitrogens with zero attached hydrogens (tertiary/aromatic N) is 1. The molecule has 0 atom stereocenters. The van der Waals surface area contributed by atoms with Crippen LogP contribution < -0.4 is 0 Å². The highest BCUT2D eigenvalue weighted by atomic mass is 35.5. The molecule has 30 heavy (non-hydrogen) atoms. The Morgan fingerprint density at radius 2 is 1.77 bits per heavy atom. The molecule has 2 heterocycles. The monoisotopic (exact) mass is 433 g/mol. The summed E-state index contributed by atoms with van der Waals surface area (Å²) in [5.74, 6) is -4.10. The number of hydrogen-bond acceptors (Lipinski definition) is 5. The number of aromatic nitrogens is 1. The summed E-state index contributed by atoms with van der Waals surface area (Å²) in [6.07, 6.45) is 0.0760. The van der Waals surface area contributed by atoms with Gasteiger partial charge in [-0.3, -0.25) is 14.4 Å². The average molecular weight is 434 g/mol. The van der Waals surface area contributed by atoms with Crippen molar-refractivity contribution in [3.63, 3.8) is 0 Å². The van der Waals surface area contributed by atoms with E-state index in [4.69, 9.17) is 16.3 Å². The summed E-state index contributed by atoms with van der Waals surface area (Å²) in [5, 5.41) is 19.4. The Labute approximate surface area is 177 Å². The fourth-order valence-electron chi connectivity index (χ4n) is 3.91. The minimum atomic E-state index is -2.22. The third-order valence-electron chi connectivity index (χ3n) is 5.35. The van der Waals surface area contributed by atoms with Crippen LogP contribution in [0.25, 0.3) is 0 Å². The van der Waals surface area contributed by atoms with E-state index in [-0.39, 0.29) is 47.1 Å². The molecule has 0 saturated heterocycles. The van der Waals surface area contributed by atoms with E-state index < -0.39 is 29.1 Å². The molecule has 0 unspecified atom stereocenters. The van der Waals surface area contributed by atoms with Gasteiger partial charge in [0.25, 0.3) is 0 Å². The Kier molecular flexibility index (Phi) is 5.72. The molecule has 1 aromatic heterocycles. The highest BCUT2D eigenvalue weighted by Gasteiger charge is 2.56. The topological polar surface area (TPSA) is 123 Å². The molecule has 2 N–H and O–H groups in total. The van der Waals surface area contributed by atoms with Crippen molar-refractivity contribution in [3.8, 4) is 0 Å². The van der Waals surface area contributed by atoms with Crippen molar-refractivity contribution in [2.45, 2.75) is 38.6 Å². The standard InChI is InChI=1S/C21H20ClNO7/c1-3-13-14(22)17-21(19(26)27,20(28)29)8-9-23(17)15(13)16(24)11-6-5-7-12(10-11)18(25)30-4-2/h5-7,10H,3-4,8-9H2,1-2H3,(H,26,27)(H,28,29). The Bertz CT molecular complexity index is 1060. The van der Waals surface area contributed by atoms with Gasteiger partial charge in [-0.15, -0.1) is 0 Å². The number of halogens is 1. The lowest BCUT2D eigenvalue weighted by Gasteiger charge is -2.18. The fraction of sp³-hybridized carbons (Fsp3) is 0.333. The Balaban J connectivity index is 2.18. The van der Waals surface area contributed by atoms with Gasteiger partial charge in [-0.1, -0.05) is 30.7 Å².